The molecule has 0 atom stereocenters. The minimum absolute atomic E-state index is 0.0549. The van der Waals surface area contributed by atoms with Crippen LogP contribution in [0.1, 0.15) is 27.9 Å². The number of rotatable bonds is 4. The third-order valence-electron chi connectivity index (χ3n) is 3.30. The minimum Gasteiger partial charge on any atom is -0.469 e. The van der Waals surface area contributed by atoms with Crippen LogP contribution in [0.25, 0.3) is 0 Å². The molecule has 2 rings (SSSR count). The smallest absolute Gasteiger partial charge is 0.307 e. The van der Waals surface area contributed by atoms with E-state index in [1.54, 1.807) is 24.3 Å². The molecule has 0 aromatic heterocycles. The normalized spacial score (nSPS) is 9.58. The third kappa shape index (κ3) is 4.97. The number of carbonyl (C=O) groups excluding carboxylic acids is 2. The van der Waals surface area contributed by atoms with E-state index >= 15 is 0 Å². The molecule has 0 saturated carbocycles. The highest BCUT2D eigenvalue weighted by Gasteiger charge is 2.13. The van der Waals surface area contributed by atoms with Crippen molar-refractivity contribution in [2.75, 3.05) is 13.7 Å². The molecular formula is C19H18N2O3. The first-order chi connectivity index (χ1) is 11.6. The van der Waals surface area contributed by atoms with E-state index in [9.17, 15) is 9.59 Å². The van der Waals surface area contributed by atoms with Gasteiger partial charge in [-0.05, 0) is 36.4 Å². The number of hydrogen-bond acceptors (Lipinski definition) is 4. The molecule has 0 radical (unpaired) electrons. The maximum absolute atomic E-state index is 12.1. The molecule has 0 spiro atoms. The van der Waals surface area contributed by atoms with Crippen LogP contribution in [0.5, 0.6) is 0 Å². The molecule has 0 heterocycles. The summed E-state index contributed by atoms with van der Waals surface area (Å²) in [6.07, 6.45) is 0.0549. The fraction of sp³-hybridized carbons (Fsp3) is 0.158. The van der Waals surface area contributed by atoms with E-state index in [-0.39, 0.29) is 18.9 Å². The third-order valence-corrected chi connectivity index (χ3v) is 3.30. The molecule has 0 aliphatic carbocycles. The van der Waals surface area contributed by atoms with Crippen molar-refractivity contribution in [3.05, 3.63) is 71.3 Å². The standard InChI is InChI=1S/C19H18N2O3/c1-24-18(22)13-14-21(20)19(23)17-11-9-16(10-12-17)8-7-15-5-3-2-4-6-15/h2-6,9-12H,13-14,20H2,1H3. The second-order valence-corrected chi connectivity index (χ2v) is 5.02. The SMILES string of the molecule is COC(=O)CCN(N)C(=O)c1ccc(C#Cc2ccccc2)cc1. The molecular weight excluding hydrogens is 304 g/mol. The quantitative estimate of drug-likeness (QED) is 0.307. The van der Waals surface area contributed by atoms with Gasteiger partial charge in [-0.15, -0.1) is 0 Å². The van der Waals surface area contributed by atoms with E-state index in [1.807, 2.05) is 30.3 Å². The Balaban J connectivity index is 2.00. The number of methoxy groups -OCH3 is 1. The summed E-state index contributed by atoms with van der Waals surface area (Å²) in [5, 5.41) is 1.00. The van der Waals surface area contributed by atoms with Crippen molar-refractivity contribution >= 4 is 11.9 Å². The van der Waals surface area contributed by atoms with Gasteiger partial charge in [0.1, 0.15) is 0 Å². The Bertz CT molecular complexity index is 759. The summed E-state index contributed by atoms with van der Waals surface area (Å²) in [7, 11) is 1.29. The molecule has 5 nitrogen and oxygen atoms in total. The molecule has 24 heavy (non-hydrogen) atoms. The summed E-state index contributed by atoms with van der Waals surface area (Å²) in [5.41, 5.74) is 2.16. The number of nitrogens with zero attached hydrogens (tertiary/aromatic N) is 1. The molecule has 0 aliphatic heterocycles. The molecule has 2 aromatic rings. The number of hydrazine groups is 1. The fourth-order valence-electron chi connectivity index (χ4n) is 1.94. The second-order valence-electron chi connectivity index (χ2n) is 5.02. The van der Waals surface area contributed by atoms with Crippen LogP contribution in [-0.4, -0.2) is 30.5 Å². The maximum atomic E-state index is 12.1. The highest BCUT2D eigenvalue weighted by atomic mass is 16.5. The fourth-order valence-corrected chi connectivity index (χ4v) is 1.94. The summed E-state index contributed by atoms with van der Waals surface area (Å²) >= 11 is 0. The Hall–Kier alpha value is -3.10. The predicted molar refractivity (Wildman–Crippen MR) is 90.7 cm³/mol. The van der Waals surface area contributed by atoms with Gasteiger partial charge in [-0.1, -0.05) is 30.0 Å². The first-order valence-electron chi connectivity index (χ1n) is 7.40. The largest absolute Gasteiger partial charge is 0.469 e. The lowest BCUT2D eigenvalue weighted by molar-refractivity contribution is -0.140. The summed E-state index contributed by atoms with van der Waals surface area (Å²) < 4.78 is 4.52. The lowest BCUT2D eigenvalue weighted by Crippen LogP contribution is -2.39. The van der Waals surface area contributed by atoms with E-state index in [1.165, 1.54) is 7.11 Å². The molecule has 1 amide bonds. The van der Waals surface area contributed by atoms with Gasteiger partial charge in [0.2, 0.25) is 0 Å². The molecule has 0 bridgehead atoms. The van der Waals surface area contributed by atoms with Crippen LogP contribution in [0.2, 0.25) is 0 Å². The van der Waals surface area contributed by atoms with E-state index in [2.05, 4.69) is 16.6 Å². The number of benzene rings is 2. The van der Waals surface area contributed by atoms with E-state index in [4.69, 9.17) is 5.84 Å². The molecule has 2 aromatic carbocycles. The van der Waals surface area contributed by atoms with Gasteiger partial charge < -0.3 is 4.74 Å². The second kappa shape index (κ2) is 8.51. The van der Waals surface area contributed by atoms with E-state index < -0.39 is 5.97 Å². The van der Waals surface area contributed by atoms with Gasteiger partial charge in [0, 0.05) is 23.2 Å². The summed E-state index contributed by atoms with van der Waals surface area (Å²) in [5.74, 6) is 11.0. The van der Waals surface area contributed by atoms with Gasteiger partial charge in [-0.25, -0.2) is 5.84 Å². The van der Waals surface area contributed by atoms with Crippen molar-refractivity contribution in [3.63, 3.8) is 0 Å². The Morgan fingerprint density at radius 3 is 2.17 bits per heavy atom. The van der Waals surface area contributed by atoms with Gasteiger partial charge in [0.05, 0.1) is 13.5 Å². The predicted octanol–water partition coefficient (Wildman–Crippen LogP) is 1.97. The van der Waals surface area contributed by atoms with Crippen LogP contribution in [0.15, 0.2) is 54.6 Å². The Labute approximate surface area is 141 Å². The maximum Gasteiger partial charge on any atom is 0.307 e. The summed E-state index contributed by atoms with van der Waals surface area (Å²) in [6, 6.07) is 16.5. The van der Waals surface area contributed by atoms with Gasteiger partial charge in [-0.2, -0.15) is 0 Å². The monoisotopic (exact) mass is 322 g/mol. The zero-order valence-electron chi connectivity index (χ0n) is 13.4. The molecule has 0 saturated heterocycles. The topological polar surface area (TPSA) is 72.6 Å². The molecule has 5 heteroatoms. The highest BCUT2D eigenvalue weighted by molar-refractivity contribution is 5.94. The Morgan fingerprint density at radius 1 is 1.00 bits per heavy atom. The number of esters is 1. The van der Waals surface area contributed by atoms with Crippen LogP contribution < -0.4 is 5.84 Å². The zero-order chi connectivity index (χ0) is 17.4. The van der Waals surface area contributed by atoms with Crippen molar-refractivity contribution in [3.8, 4) is 11.8 Å². The van der Waals surface area contributed by atoms with Gasteiger partial charge in [-0.3, -0.25) is 14.6 Å². The molecule has 122 valence electrons. The van der Waals surface area contributed by atoms with Gasteiger partial charge in [0.15, 0.2) is 0 Å². The lowest BCUT2D eigenvalue weighted by Gasteiger charge is -2.15. The number of amides is 1. The summed E-state index contributed by atoms with van der Waals surface area (Å²) in [4.78, 5) is 23.2. The van der Waals surface area contributed by atoms with Crippen molar-refractivity contribution in [2.45, 2.75) is 6.42 Å². The lowest BCUT2D eigenvalue weighted by atomic mass is 10.1. The van der Waals surface area contributed by atoms with Crippen LogP contribution in [0.3, 0.4) is 0 Å². The molecule has 0 unspecified atom stereocenters. The van der Waals surface area contributed by atoms with E-state index in [0.717, 1.165) is 16.1 Å². The highest BCUT2D eigenvalue weighted by Crippen LogP contribution is 2.06. The van der Waals surface area contributed by atoms with Crippen LogP contribution in [0, 0.1) is 11.8 Å². The van der Waals surface area contributed by atoms with Crippen molar-refractivity contribution in [1.29, 1.82) is 0 Å². The first kappa shape index (κ1) is 17.3. The summed E-state index contributed by atoms with van der Waals surface area (Å²) in [6.45, 7) is 0.0983. The minimum atomic E-state index is -0.412. The average molecular weight is 322 g/mol. The number of nitrogens with two attached hydrogens (primary N) is 1. The number of hydrogen-bond donors (Lipinski definition) is 1. The van der Waals surface area contributed by atoms with Gasteiger partial charge in [0.25, 0.3) is 5.91 Å². The Kier molecular flexibility index (Phi) is 6.12. The van der Waals surface area contributed by atoms with Crippen molar-refractivity contribution in [1.82, 2.24) is 5.01 Å². The first-order valence-corrected chi connectivity index (χ1v) is 7.40. The van der Waals surface area contributed by atoms with Crippen LogP contribution in [-0.2, 0) is 9.53 Å². The number of carbonyl (C=O) groups is 2. The molecule has 2 N–H and O–H groups in total. The molecule has 0 fully saturated rings. The van der Waals surface area contributed by atoms with Crippen molar-refractivity contribution in [2.24, 2.45) is 5.84 Å². The Morgan fingerprint density at radius 2 is 1.58 bits per heavy atom. The van der Waals surface area contributed by atoms with Crippen molar-refractivity contribution < 1.29 is 14.3 Å². The number of ether oxygens (including phenoxy) is 1. The van der Waals surface area contributed by atoms with Gasteiger partial charge >= 0.3 is 5.97 Å². The van der Waals surface area contributed by atoms with Crippen LogP contribution >= 0.6 is 0 Å². The van der Waals surface area contributed by atoms with E-state index in [0.29, 0.717) is 5.56 Å². The molecule has 0 aliphatic rings. The average Bonchev–Trinajstić information content (AvgIpc) is 2.64. The zero-order valence-corrected chi connectivity index (χ0v) is 13.4. The van der Waals surface area contributed by atoms with Crippen LogP contribution in [0.4, 0.5) is 0 Å².